The second-order valence-corrected chi connectivity index (χ2v) is 33.1. The number of carbonyl (C=O) groups is 4. The van der Waals surface area contributed by atoms with Gasteiger partial charge in [0.05, 0.1) is 26.4 Å². The number of hydrogen-bond acceptors (Lipinski definition) is 15. The second kappa shape index (κ2) is 70.4. The zero-order valence-electron chi connectivity index (χ0n) is 65.0. The van der Waals surface area contributed by atoms with Crippen LogP contribution >= 0.6 is 15.6 Å². The predicted octanol–water partition coefficient (Wildman–Crippen LogP) is 23.7. The van der Waals surface area contributed by atoms with Gasteiger partial charge in [0.25, 0.3) is 0 Å². The van der Waals surface area contributed by atoms with Gasteiger partial charge in [0.15, 0.2) is 12.2 Å². The summed E-state index contributed by atoms with van der Waals surface area (Å²) in [7, 11) is -9.92. The number of rotatable bonds is 78. The molecule has 0 aliphatic carbocycles. The van der Waals surface area contributed by atoms with Crippen molar-refractivity contribution in [2.45, 2.75) is 433 Å². The van der Waals surface area contributed by atoms with Gasteiger partial charge in [0.1, 0.15) is 19.3 Å². The highest BCUT2D eigenvalue weighted by Gasteiger charge is 2.30. The van der Waals surface area contributed by atoms with Crippen molar-refractivity contribution in [1.29, 1.82) is 0 Å². The summed E-state index contributed by atoms with van der Waals surface area (Å²) in [6.07, 6.45) is 58.2. The Morgan fingerprint density at radius 2 is 0.465 bits per heavy atom. The van der Waals surface area contributed by atoms with Gasteiger partial charge in [-0.1, -0.05) is 363 Å². The fourth-order valence-electron chi connectivity index (χ4n) is 12.3. The normalized spacial score (nSPS) is 14.0. The summed E-state index contributed by atoms with van der Waals surface area (Å²) in [5.41, 5.74) is 0. The van der Waals surface area contributed by atoms with Crippen LogP contribution in [-0.2, 0) is 65.4 Å². The summed E-state index contributed by atoms with van der Waals surface area (Å²) in [6.45, 7) is 11.9. The number of phosphoric acid groups is 2. The standard InChI is InChI=1S/C80H156O17P2/c1-8-9-10-11-12-13-14-15-16-17-18-19-20-28-33-42-49-56-63-79(84)96-75(67-90-77(82)61-54-47-40-32-27-23-21-25-30-37-44-51-58-71(2)3)69-94-98(86,87)92-65-74(81)66-93-99(88,89)95-70-76(68-91-78(83)62-55-48-41-36-35-39-46-53-60-73(6)7)97-80(85)64-57-50-43-34-29-24-22-26-31-38-45-52-59-72(4)5/h71-76,81H,8-70H2,1-7H3,(H,86,87)(H,88,89)/t74-,75-,76-/m1/s1. The van der Waals surface area contributed by atoms with Crippen LogP contribution < -0.4 is 0 Å². The van der Waals surface area contributed by atoms with E-state index in [4.69, 9.17) is 37.0 Å². The topological polar surface area (TPSA) is 237 Å². The van der Waals surface area contributed by atoms with Gasteiger partial charge in [-0.05, 0) is 43.4 Å². The van der Waals surface area contributed by atoms with E-state index in [0.717, 1.165) is 108 Å². The molecule has 0 saturated heterocycles. The first-order valence-electron chi connectivity index (χ1n) is 41.3. The molecule has 19 heteroatoms. The highest BCUT2D eigenvalue weighted by Crippen LogP contribution is 2.45. The molecular weight excluding hydrogens is 1290 g/mol. The molecule has 3 N–H and O–H groups in total. The van der Waals surface area contributed by atoms with Crippen LogP contribution in [0, 0.1) is 17.8 Å². The number of esters is 4. The summed E-state index contributed by atoms with van der Waals surface area (Å²) < 4.78 is 68.7. The molecule has 5 atom stereocenters. The van der Waals surface area contributed by atoms with Gasteiger partial charge in [0, 0.05) is 25.7 Å². The van der Waals surface area contributed by atoms with Crippen molar-refractivity contribution < 1.29 is 80.2 Å². The molecule has 0 aromatic rings. The lowest BCUT2D eigenvalue weighted by Gasteiger charge is -2.21. The molecule has 0 aromatic heterocycles. The van der Waals surface area contributed by atoms with Gasteiger partial charge in [-0.25, -0.2) is 9.13 Å². The smallest absolute Gasteiger partial charge is 0.462 e. The van der Waals surface area contributed by atoms with Crippen LogP contribution in [0.3, 0.4) is 0 Å². The Kier molecular flexibility index (Phi) is 69.0. The van der Waals surface area contributed by atoms with Crippen LogP contribution in [-0.4, -0.2) is 96.7 Å². The largest absolute Gasteiger partial charge is 0.472 e. The lowest BCUT2D eigenvalue weighted by Crippen LogP contribution is -2.30. The Hall–Kier alpha value is -1.94. The molecule has 17 nitrogen and oxygen atoms in total. The minimum absolute atomic E-state index is 0.106. The summed E-state index contributed by atoms with van der Waals surface area (Å²) in [6, 6.07) is 0. The van der Waals surface area contributed by atoms with Crippen molar-refractivity contribution in [3.05, 3.63) is 0 Å². The molecule has 0 heterocycles. The summed E-state index contributed by atoms with van der Waals surface area (Å²) in [5.74, 6) is 0.173. The van der Waals surface area contributed by atoms with Crippen LogP contribution in [0.25, 0.3) is 0 Å². The Morgan fingerprint density at radius 3 is 0.687 bits per heavy atom. The summed E-state index contributed by atoms with van der Waals surface area (Å²) >= 11 is 0. The lowest BCUT2D eigenvalue weighted by atomic mass is 10.0. The maximum atomic E-state index is 13.1. The van der Waals surface area contributed by atoms with E-state index in [1.54, 1.807) is 0 Å². The van der Waals surface area contributed by atoms with Gasteiger partial charge < -0.3 is 33.8 Å². The number of ether oxygens (including phenoxy) is 4. The molecule has 0 radical (unpaired) electrons. The molecule has 0 bridgehead atoms. The molecule has 0 amide bonds. The molecule has 0 saturated carbocycles. The molecule has 0 spiro atoms. The first-order valence-corrected chi connectivity index (χ1v) is 44.3. The first-order chi connectivity index (χ1) is 47.7. The monoisotopic (exact) mass is 1450 g/mol. The van der Waals surface area contributed by atoms with Crippen molar-refractivity contribution in [2.24, 2.45) is 17.8 Å². The number of phosphoric ester groups is 2. The number of aliphatic hydroxyl groups excluding tert-OH is 1. The highest BCUT2D eigenvalue weighted by atomic mass is 31.2. The zero-order valence-corrected chi connectivity index (χ0v) is 66.8. The molecular formula is C80H156O17P2. The third kappa shape index (κ3) is 74.1. The Bertz CT molecular complexity index is 1920. The van der Waals surface area contributed by atoms with E-state index in [9.17, 15) is 43.2 Å². The number of aliphatic hydroxyl groups is 1. The fourth-order valence-corrected chi connectivity index (χ4v) is 13.9. The molecule has 99 heavy (non-hydrogen) atoms. The molecule has 0 fully saturated rings. The van der Waals surface area contributed by atoms with Crippen molar-refractivity contribution in [2.75, 3.05) is 39.6 Å². The molecule has 0 aromatic carbocycles. The Labute approximate surface area is 607 Å². The van der Waals surface area contributed by atoms with Crippen molar-refractivity contribution in [1.82, 2.24) is 0 Å². The molecule has 0 aliphatic rings. The number of unbranched alkanes of at least 4 members (excludes halogenated alkanes) is 46. The van der Waals surface area contributed by atoms with E-state index in [1.165, 1.54) is 225 Å². The van der Waals surface area contributed by atoms with Crippen LogP contribution in [0.4, 0.5) is 0 Å². The lowest BCUT2D eigenvalue weighted by molar-refractivity contribution is -0.161. The molecule has 2 unspecified atom stereocenters. The maximum absolute atomic E-state index is 13.1. The van der Waals surface area contributed by atoms with Gasteiger partial charge in [0.2, 0.25) is 0 Å². The van der Waals surface area contributed by atoms with Crippen molar-refractivity contribution in [3.8, 4) is 0 Å². The SMILES string of the molecule is CCCCCCCCCCCCCCCCCCCCC(=O)O[C@H](COC(=O)CCCCCCCCCCCCCCC(C)C)COP(=O)(O)OC[C@@H](O)COP(=O)(O)OC[C@@H](COC(=O)CCCCCCCCCCC(C)C)OC(=O)CCCCCCCCCCCCCCC(C)C. The van der Waals surface area contributed by atoms with Crippen molar-refractivity contribution >= 4 is 39.5 Å². The van der Waals surface area contributed by atoms with Crippen LogP contribution in [0.1, 0.15) is 414 Å². The molecule has 0 rings (SSSR count). The average molecular weight is 1450 g/mol. The Morgan fingerprint density at radius 1 is 0.273 bits per heavy atom. The van der Waals surface area contributed by atoms with Gasteiger partial charge >= 0.3 is 39.5 Å². The molecule has 0 aliphatic heterocycles. The second-order valence-electron chi connectivity index (χ2n) is 30.2. The fraction of sp³-hybridized carbons (Fsp3) is 0.950. The van der Waals surface area contributed by atoms with Gasteiger partial charge in [-0.3, -0.25) is 37.3 Å². The quantitative estimate of drug-likeness (QED) is 0.0222. The maximum Gasteiger partial charge on any atom is 0.472 e. The summed E-state index contributed by atoms with van der Waals surface area (Å²) in [4.78, 5) is 73.0. The van der Waals surface area contributed by atoms with E-state index in [-0.39, 0.29) is 25.7 Å². The van der Waals surface area contributed by atoms with Gasteiger partial charge in [-0.2, -0.15) is 0 Å². The zero-order chi connectivity index (χ0) is 73.0. The van der Waals surface area contributed by atoms with Crippen LogP contribution in [0.5, 0.6) is 0 Å². The number of carbonyl (C=O) groups excluding carboxylic acids is 4. The average Bonchev–Trinajstić information content (AvgIpc) is 1.30. The predicted molar refractivity (Wildman–Crippen MR) is 405 cm³/mol. The van der Waals surface area contributed by atoms with Crippen molar-refractivity contribution in [3.63, 3.8) is 0 Å². The first kappa shape index (κ1) is 97.1. The third-order valence-corrected chi connectivity index (χ3v) is 20.5. The Balaban J connectivity index is 5.26. The van der Waals surface area contributed by atoms with E-state index in [1.807, 2.05) is 0 Å². The van der Waals surface area contributed by atoms with Crippen LogP contribution in [0.15, 0.2) is 0 Å². The van der Waals surface area contributed by atoms with Gasteiger partial charge in [-0.15, -0.1) is 0 Å². The molecule has 588 valence electrons. The minimum Gasteiger partial charge on any atom is -0.462 e. The number of hydrogen-bond donors (Lipinski definition) is 3. The summed E-state index contributed by atoms with van der Waals surface area (Å²) in [5, 5.41) is 10.6. The van der Waals surface area contributed by atoms with Crippen LogP contribution in [0.2, 0.25) is 0 Å². The van der Waals surface area contributed by atoms with E-state index < -0.39 is 97.5 Å². The van der Waals surface area contributed by atoms with E-state index in [0.29, 0.717) is 25.7 Å². The van der Waals surface area contributed by atoms with E-state index >= 15 is 0 Å². The minimum atomic E-state index is -4.96. The van der Waals surface area contributed by atoms with E-state index in [2.05, 4.69) is 48.5 Å². The highest BCUT2D eigenvalue weighted by molar-refractivity contribution is 7.47. The third-order valence-electron chi connectivity index (χ3n) is 18.6.